The highest BCUT2D eigenvalue weighted by atomic mass is 16.3. The van der Waals surface area contributed by atoms with Gasteiger partial charge in [-0.1, -0.05) is 44.2 Å². The SMILES string of the molecule is CCc1nn(C)cc1CN(Cc1ccccc1)CC(O)CC. The van der Waals surface area contributed by atoms with Gasteiger partial charge in [-0.3, -0.25) is 9.58 Å². The summed E-state index contributed by atoms with van der Waals surface area (Å²) in [7, 11) is 1.96. The quantitative estimate of drug-likeness (QED) is 0.815. The molecular weight excluding hydrogens is 274 g/mol. The number of aromatic nitrogens is 2. The Bertz CT molecular complexity index is 565. The zero-order valence-corrected chi connectivity index (χ0v) is 13.9. The molecule has 22 heavy (non-hydrogen) atoms. The average molecular weight is 301 g/mol. The van der Waals surface area contributed by atoms with Crippen molar-refractivity contribution in [2.75, 3.05) is 6.54 Å². The van der Waals surface area contributed by atoms with E-state index >= 15 is 0 Å². The number of benzene rings is 1. The summed E-state index contributed by atoms with van der Waals surface area (Å²) in [4.78, 5) is 2.31. The second-order valence-electron chi connectivity index (χ2n) is 5.85. The molecular formula is C18H27N3O. The molecule has 0 bridgehead atoms. The fourth-order valence-electron chi connectivity index (χ4n) is 2.71. The van der Waals surface area contributed by atoms with Crippen LogP contribution in [0.3, 0.4) is 0 Å². The van der Waals surface area contributed by atoms with Gasteiger partial charge in [0.1, 0.15) is 0 Å². The van der Waals surface area contributed by atoms with Crippen LogP contribution in [0.1, 0.15) is 37.1 Å². The molecule has 4 heteroatoms. The number of aryl methyl sites for hydroxylation is 2. The van der Waals surface area contributed by atoms with Crippen LogP contribution in [0.5, 0.6) is 0 Å². The molecule has 1 aromatic carbocycles. The molecule has 1 N–H and O–H groups in total. The maximum absolute atomic E-state index is 10.1. The molecule has 0 aliphatic rings. The third-order valence-corrected chi connectivity index (χ3v) is 3.91. The number of nitrogens with zero attached hydrogens (tertiary/aromatic N) is 3. The minimum atomic E-state index is -0.287. The first-order valence-electron chi connectivity index (χ1n) is 8.08. The summed E-state index contributed by atoms with van der Waals surface area (Å²) in [6.45, 7) is 6.50. The van der Waals surface area contributed by atoms with E-state index < -0.39 is 0 Å². The van der Waals surface area contributed by atoms with Crippen molar-refractivity contribution < 1.29 is 5.11 Å². The predicted molar refractivity (Wildman–Crippen MR) is 89.4 cm³/mol. The van der Waals surface area contributed by atoms with Gasteiger partial charge >= 0.3 is 0 Å². The summed E-state index contributed by atoms with van der Waals surface area (Å²) in [5.41, 5.74) is 3.67. The molecule has 0 aliphatic carbocycles. The first-order valence-corrected chi connectivity index (χ1v) is 8.08. The van der Waals surface area contributed by atoms with E-state index in [4.69, 9.17) is 0 Å². The van der Waals surface area contributed by atoms with Crippen molar-refractivity contribution in [1.29, 1.82) is 0 Å². The Kier molecular flexibility index (Phi) is 6.16. The second kappa shape index (κ2) is 8.11. The van der Waals surface area contributed by atoms with E-state index in [9.17, 15) is 5.11 Å². The summed E-state index contributed by atoms with van der Waals surface area (Å²) >= 11 is 0. The largest absolute Gasteiger partial charge is 0.392 e. The number of hydrogen-bond donors (Lipinski definition) is 1. The van der Waals surface area contributed by atoms with Crippen LogP contribution in [-0.2, 0) is 26.6 Å². The van der Waals surface area contributed by atoms with E-state index in [2.05, 4.69) is 47.4 Å². The van der Waals surface area contributed by atoms with E-state index in [1.807, 2.05) is 24.7 Å². The van der Waals surface area contributed by atoms with E-state index in [-0.39, 0.29) is 6.10 Å². The zero-order chi connectivity index (χ0) is 15.9. The van der Waals surface area contributed by atoms with E-state index in [1.165, 1.54) is 11.1 Å². The fraction of sp³-hybridized carbons (Fsp3) is 0.500. The van der Waals surface area contributed by atoms with Crippen molar-refractivity contribution in [2.45, 2.75) is 45.9 Å². The molecule has 0 spiro atoms. The predicted octanol–water partition coefficient (Wildman–Crippen LogP) is 2.76. The van der Waals surface area contributed by atoms with Crippen molar-refractivity contribution in [3.8, 4) is 0 Å². The van der Waals surface area contributed by atoms with Crippen molar-refractivity contribution >= 4 is 0 Å². The molecule has 4 nitrogen and oxygen atoms in total. The van der Waals surface area contributed by atoms with Gasteiger partial charge in [-0.2, -0.15) is 5.10 Å². The molecule has 0 amide bonds. The molecule has 0 radical (unpaired) electrons. The summed E-state index contributed by atoms with van der Waals surface area (Å²) < 4.78 is 1.88. The Morgan fingerprint density at radius 1 is 1.18 bits per heavy atom. The van der Waals surface area contributed by atoms with Crippen molar-refractivity contribution in [3.05, 3.63) is 53.3 Å². The van der Waals surface area contributed by atoms with Crippen LogP contribution in [0.2, 0.25) is 0 Å². The van der Waals surface area contributed by atoms with Gasteiger partial charge in [-0.25, -0.2) is 0 Å². The highest BCUT2D eigenvalue weighted by Gasteiger charge is 2.15. The van der Waals surface area contributed by atoms with Crippen molar-refractivity contribution in [3.63, 3.8) is 0 Å². The van der Waals surface area contributed by atoms with E-state index in [0.717, 1.165) is 31.6 Å². The lowest BCUT2D eigenvalue weighted by molar-refractivity contribution is 0.101. The number of rotatable bonds is 8. The summed E-state index contributed by atoms with van der Waals surface area (Å²) in [5, 5.41) is 14.6. The second-order valence-corrected chi connectivity index (χ2v) is 5.85. The van der Waals surface area contributed by atoms with Crippen LogP contribution in [0.25, 0.3) is 0 Å². The summed E-state index contributed by atoms with van der Waals surface area (Å²) in [6, 6.07) is 10.4. The molecule has 1 atom stereocenters. The summed E-state index contributed by atoms with van der Waals surface area (Å²) in [5.74, 6) is 0. The number of hydrogen-bond acceptors (Lipinski definition) is 3. The molecule has 1 aromatic heterocycles. The van der Waals surface area contributed by atoms with Crippen LogP contribution in [0.15, 0.2) is 36.5 Å². The van der Waals surface area contributed by atoms with Crippen molar-refractivity contribution in [1.82, 2.24) is 14.7 Å². The Morgan fingerprint density at radius 2 is 1.91 bits per heavy atom. The van der Waals surface area contributed by atoms with Gasteiger partial charge in [-0.15, -0.1) is 0 Å². The lowest BCUT2D eigenvalue weighted by Gasteiger charge is -2.24. The molecule has 0 saturated carbocycles. The number of aliphatic hydroxyl groups is 1. The molecule has 1 heterocycles. The molecule has 1 unspecified atom stereocenters. The first kappa shape index (κ1) is 16.7. The van der Waals surface area contributed by atoms with Gasteiger partial charge in [0.2, 0.25) is 0 Å². The van der Waals surface area contributed by atoms with Gasteiger partial charge in [0.25, 0.3) is 0 Å². The van der Waals surface area contributed by atoms with Gasteiger partial charge in [0.15, 0.2) is 0 Å². The van der Waals surface area contributed by atoms with Crippen molar-refractivity contribution in [2.24, 2.45) is 7.05 Å². The lowest BCUT2D eigenvalue weighted by atomic mass is 10.1. The normalized spacial score (nSPS) is 12.8. The first-order chi connectivity index (χ1) is 10.6. The minimum Gasteiger partial charge on any atom is -0.392 e. The maximum Gasteiger partial charge on any atom is 0.0666 e. The van der Waals surface area contributed by atoms with Crippen LogP contribution in [0.4, 0.5) is 0 Å². The van der Waals surface area contributed by atoms with Gasteiger partial charge in [0, 0.05) is 38.4 Å². The van der Waals surface area contributed by atoms with Crippen LogP contribution in [-0.4, -0.2) is 32.4 Å². The van der Waals surface area contributed by atoms with Gasteiger partial charge in [-0.05, 0) is 18.4 Å². The van der Waals surface area contributed by atoms with Gasteiger partial charge < -0.3 is 5.11 Å². The molecule has 2 rings (SSSR count). The highest BCUT2D eigenvalue weighted by Crippen LogP contribution is 2.14. The topological polar surface area (TPSA) is 41.3 Å². The third-order valence-electron chi connectivity index (χ3n) is 3.91. The zero-order valence-electron chi connectivity index (χ0n) is 13.9. The summed E-state index contributed by atoms with van der Waals surface area (Å²) in [6.07, 6.45) is 3.52. The third kappa shape index (κ3) is 4.68. The highest BCUT2D eigenvalue weighted by molar-refractivity contribution is 5.18. The van der Waals surface area contributed by atoms with Crippen LogP contribution >= 0.6 is 0 Å². The van der Waals surface area contributed by atoms with Crippen LogP contribution < -0.4 is 0 Å². The van der Waals surface area contributed by atoms with Crippen LogP contribution in [0, 0.1) is 0 Å². The molecule has 0 saturated heterocycles. The maximum atomic E-state index is 10.1. The Labute approximate surface area is 133 Å². The Balaban J connectivity index is 2.13. The Morgan fingerprint density at radius 3 is 2.55 bits per heavy atom. The average Bonchev–Trinajstić information content (AvgIpc) is 2.87. The Hall–Kier alpha value is -1.65. The monoisotopic (exact) mass is 301 g/mol. The standard InChI is InChI=1S/C18H27N3O/c1-4-17(22)14-21(11-15-9-7-6-8-10-15)13-16-12-20(3)19-18(16)5-2/h6-10,12,17,22H,4-5,11,13-14H2,1-3H3. The molecule has 2 aromatic rings. The molecule has 120 valence electrons. The molecule has 0 aliphatic heterocycles. The lowest BCUT2D eigenvalue weighted by Crippen LogP contribution is -2.31. The fourth-order valence-corrected chi connectivity index (χ4v) is 2.71. The minimum absolute atomic E-state index is 0.287. The molecule has 0 fully saturated rings. The van der Waals surface area contributed by atoms with E-state index in [1.54, 1.807) is 0 Å². The number of aliphatic hydroxyl groups excluding tert-OH is 1. The smallest absolute Gasteiger partial charge is 0.0666 e. The van der Waals surface area contributed by atoms with E-state index in [0.29, 0.717) is 6.54 Å². The van der Waals surface area contributed by atoms with Gasteiger partial charge in [0.05, 0.1) is 11.8 Å².